The molecule has 3 heteroatoms. The van der Waals surface area contributed by atoms with Crippen molar-refractivity contribution in [1.29, 1.82) is 0 Å². The highest BCUT2D eigenvalue weighted by Gasteiger charge is 2.04. The number of aliphatic carboxylic acids is 1. The summed E-state index contributed by atoms with van der Waals surface area (Å²) in [6.45, 7) is 3.41. The smallest absolute Gasteiger partial charge is 0.310 e. The molecular weight excluding hydrogens is 130 g/mol. The Balaban J connectivity index is 3.77. The zero-order chi connectivity index (χ0) is 8.15. The van der Waals surface area contributed by atoms with E-state index in [1.807, 2.05) is 0 Å². The second kappa shape index (κ2) is 4.06. The predicted molar refractivity (Wildman–Crippen MR) is 39.6 cm³/mol. The first-order valence-corrected chi connectivity index (χ1v) is 3.20. The number of hydrogen-bond donors (Lipinski definition) is 2. The van der Waals surface area contributed by atoms with Crippen molar-refractivity contribution in [2.45, 2.75) is 19.9 Å². The van der Waals surface area contributed by atoms with Gasteiger partial charge in [0.1, 0.15) is 0 Å². The van der Waals surface area contributed by atoms with Crippen molar-refractivity contribution >= 4 is 5.97 Å². The lowest BCUT2D eigenvalue weighted by atomic mass is 10.1. The van der Waals surface area contributed by atoms with Crippen LogP contribution in [0.25, 0.3) is 0 Å². The summed E-state index contributed by atoms with van der Waals surface area (Å²) in [5.41, 5.74) is 5.36. The van der Waals surface area contributed by atoms with Gasteiger partial charge in [0.05, 0.1) is 5.92 Å². The minimum atomic E-state index is -0.822. The number of carbonyl (C=O) groups is 1. The summed E-state index contributed by atoms with van der Waals surface area (Å²) in [7, 11) is 0. The van der Waals surface area contributed by atoms with Crippen LogP contribution in [0.2, 0.25) is 0 Å². The fourth-order valence-electron chi connectivity index (χ4n) is 0.424. The van der Waals surface area contributed by atoms with Crippen LogP contribution in [-0.4, -0.2) is 17.1 Å². The van der Waals surface area contributed by atoms with E-state index < -0.39 is 11.9 Å². The molecule has 0 amide bonds. The Morgan fingerprint density at radius 1 is 1.50 bits per heavy atom. The first kappa shape index (κ1) is 9.17. The highest BCUT2D eigenvalue weighted by atomic mass is 16.4. The maximum Gasteiger partial charge on any atom is 0.310 e. The van der Waals surface area contributed by atoms with Crippen molar-refractivity contribution in [2.75, 3.05) is 0 Å². The predicted octanol–water partition coefficient (Wildman–Crippen LogP) is 0.611. The molecule has 0 radical (unpaired) electrons. The molecule has 0 aliphatic carbocycles. The minimum Gasteiger partial charge on any atom is -0.481 e. The van der Waals surface area contributed by atoms with Crippen LogP contribution in [0.15, 0.2) is 12.2 Å². The Kier molecular flexibility index (Phi) is 3.72. The molecule has 0 aromatic heterocycles. The summed E-state index contributed by atoms with van der Waals surface area (Å²) >= 11 is 0. The fourth-order valence-corrected chi connectivity index (χ4v) is 0.424. The van der Waals surface area contributed by atoms with E-state index >= 15 is 0 Å². The van der Waals surface area contributed by atoms with E-state index in [1.165, 1.54) is 0 Å². The molecule has 0 bridgehead atoms. The van der Waals surface area contributed by atoms with Crippen LogP contribution in [0.4, 0.5) is 0 Å². The van der Waals surface area contributed by atoms with E-state index in [-0.39, 0.29) is 6.04 Å². The number of hydrogen-bond acceptors (Lipinski definition) is 2. The summed E-state index contributed by atoms with van der Waals surface area (Å²) in [4.78, 5) is 10.2. The molecule has 3 nitrogen and oxygen atoms in total. The normalized spacial score (nSPS) is 17.1. The van der Waals surface area contributed by atoms with Gasteiger partial charge >= 0.3 is 5.97 Å². The molecule has 0 aliphatic heterocycles. The molecule has 0 fully saturated rings. The van der Waals surface area contributed by atoms with Crippen LogP contribution in [0.5, 0.6) is 0 Å². The topological polar surface area (TPSA) is 63.3 Å². The summed E-state index contributed by atoms with van der Waals surface area (Å²) in [6, 6.07) is -0.0678. The van der Waals surface area contributed by atoms with Gasteiger partial charge in [-0.2, -0.15) is 0 Å². The summed E-state index contributed by atoms with van der Waals surface area (Å²) < 4.78 is 0. The number of carboxylic acid groups (broad SMARTS) is 1. The second-order valence-corrected chi connectivity index (χ2v) is 2.37. The fraction of sp³-hybridized carbons (Fsp3) is 0.571. The number of carboxylic acids is 1. The van der Waals surface area contributed by atoms with Crippen LogP contribution in [0.1, 0.15) is 13.8 Å². The molecule has 0 aromatic carbocycles. The first-order chi connectivity index (χ1) is 4.54. The van der Waals surface area contributed by atoms with E-state index in [0.717, 1.165) is 0 Å². The molecule has 0 saturated heterocycles. The van der Waals surface area contributed by atoms with Crippen molar-refractivity contribution in [3.8, 4) is 0 Å². The molecule has 0 unspecified atom stereocenters. The molecule has 2 atom stereocenters. The maximum atomic E-state index is 10.2. The number of nitrogens with two attached hydrogens (primary N) is 1. The van der Waals surface area contributed by atoms with Gasteiger partial charge in [0.25, 0.3) is 0 Å². The molecule has 0 heterocycles. The van der Waals surface area contributed by atoms with E-state index in [0.29, 0.717) is 0 Å². The van der Waals surface area contributed by atoms with Crippen molar-refractivity contribution < 1.29 is 9.90 Å². The molecule has 0 aromatic rings. The van der Waals surface area contributed by atoms with E-state index in [2.05, 4.69) is 0 Å². The van der Waals surface area contributed by atoms with Gasteiger partial charge in [-0.3, -0.25) is 4.79 Å². The van der Waals surface area contributed by atoms with Gasteiger partial charge in [0.15, 0.2) is 0 Å². The Morgan fingerprint density at radius 3 is 2.30 bits per heavy atom. The molecule has 0 aliphatic rings. The molecule has 58 valence electrons. The van der Waals surface area contributed by atoms with Crippen LogP contribution in [0, 0.1) is 5.92 Å². The SMILES string of the molecule is C[C@@H](N)/C=C/[C@H](C)C(=O)O. The third-order valence-electron chi connectivity index (χ3n) is 1.09. The minimum absolute atomic E-state index is 0.0678. The average Bonchev–Trinajstić information content (AvgIpc) is 1.82. The largest absolute Gasteiger partial charge is 0.481 e. The number of rotatable bonds is 3. The maximum absolute atomic E-state index is 10.2. The lowest BCUT2D eigenvalue weighted by Gasteiger charge is -1.98. The van der Waals surface area contributed by atoms with Crippen LogP contribution < -0.4 is 5.73 Å². The molecular formula is C7H13NO2. The highest BCUT2D eigenvalue weighted by Crippen LogP contribution is 1.96. The lowest BCUT2D eigenvalue weighted by Crippen LogP contribution is -2.12. The Hall–Kier alpha value is -0.830. The zero-order valence-corrected chi connectivity index (χ0v) is 6.24. The van der Waals surface area contributed by atoms with Crippen LogP contribution >= 0.6 is 0 Å². The van der Waals surface area contributed by atoms with E-state index in [4.69, 9.17) is 10.8 Å². The van der Waals surface area contributed by atoms with Gasteiger partial charge in [0, 0.05) is 6.04 Å². The summed E-state index contributed by atoms with van der Waals surface area (Å²) in [6.07, 6.45) is 3.27. The van der Waals surface area contributed by atoms with Gasteiger partial charge in [-0.1, -0.05) is 12.2 Å². The first-order valence-electron chi connectivity index (χ1n) is 3.20. The standard InChI is InChI=1S/C7H13NO2/c1-5(7(9)10)3-4-6(2)8/h3-6H,8H2,1-2H3,(H,9,10)/b4-3+/t5-,6+/m0/s1. The van der Waals surface area contributed by atoms with Crippen LogP contribution in [0.3, 0.4) is 0 Å². The Bertz CT molecular complexity index is 141. The zero-order valence-electron chi connectivity index (χ0n) is 6.24. The van der Waals surface area contributed by atoms with E-state index in [1.54, 1.807) is 26.0 Å². The third kappa shape index (κ3) is 4.09. The monoisotopic (exact) mass is 143 g/mol. The third-order valence-corrected chi connectivity index (χ3v) is 1.09. The molecule has 3 N–H and O–H groups in total. The summed E-state index contributed by atoms with van der Waals surface area (Å²) in [5, 5.41) is 8.40. The van der Waals surface area contributed by atoms with Gasteiger partial charge < -0.3 is 10.8 Å². The van der Waals surface area contributed by atoms with Crippen molar-refractivity contribution in [2.24, 2.45) is 11.7 Å². The molecule has 10 heavy (non-hydrogen) atoms. The Labute approximate surface area is 60.5 Å². The van der Waals surface area contributed by atoms with Crippen molar-refractivity contribution in [1.82, 2.24) is 0 Å². The summed E-state index contributed by atoms with van der Waals surface area (Å²) in [5.74, 6) is -1.26. The van der Waals surface area contributed by atoms with Crippen LogP contribution in [-0.2, 0) is 4.79 Å². The Morgan fingerprint density at radius 2 is 2.00 bits per heavy atom. The van der Waals surface area contributed by atoms with Crippen molar-refractivity contribution in [3.63, 3.8) is 0 Å². The second-order valence-electron chi connectivity index (χ2n) is 2.37. The van der Waals surface area contributed by atoms with Gasteiger partial charge in [-0.25, -0.2) is 0 Å². The van der Waals surface area contributed by atoms with Gasteiger partial charge in [0.2, 0.25) is 0 Å². The quantitative estimate of drug-likeness (QED) is 0.569. The van der Waals surface area contributed by atoms with Crippen molar-refractivity contribution in [3.05, 3.63) is 12.2 Å². The van der Waals surface area contributed by atoms with Gasteiger partial charge in [-0.15, -0.1) is 0 Å². The molecule has 0 saturated carbocycles. The molecule has 0 rings (SSSR count). The molecule has 0 spiro atoms. The highest BCUT2D eigenvalue weighted by molar-refractivity contribution is 5.71. The average molecular weight is 143 g/mol. The van der Waals surface area contributed by atoms with E-state index in [9.17, 15) is 4.79 Å². The lowest BCUT2D eigenvalue weighted by molar-refractivity contribution is -0.139. The van der Waals surface area contributed by atoms with Gasteiger partial charge in [-0.05, 0) is 13.8 Å².